The topological polar surface area (TPSA) is 20.2 Å². The smallest absolute Gasteiger partial charge is 0.0578 e. The van der Waals surface area contributed by atoms with Crippen LogP contribution in [0.15, 0.2) is 0 Å². The van der Waals surface area contributed by atoms with Gasteiger partial charge in [-0.05, 0) is 5.38 Å². The van der Waals surface area contributed by atoms with Crippen molar-refractivity contribution in [3.05, 3.63) is 0 Å². The molecule has 0 aromatic rings. The minimum Gasteiger partial charge on any atom is -0.396 e. The highest BCUT2D eigenvalue weighted by molar-refractivity contribution is 8.00. The van der Waals surface area contributed by atoms with E-state index in [4.69, 9.17) is 5.11 Å². The normalized spacial score (nSPS) is 12.0. The molecule has 74 valence electrons. The number of aliphatic hydroxyl groups is 1. The molecule has 1 nitrogen and oxygen atoms in total. The molecule has 0 radical (unpaired) electrons. The maximum absolute atomic E-state index is 8.63. The minimum absolute atomic E-state index is 0.336. The summed E-state index contributed by atoms with van der Waals surface area (Å²) in [4.78, 5) is 0. The molecule has 0 saturated heterocycles. The molecule has 0 rings (SSSR count). The Morgan fingerprint density at radius 1 is 1.33 bits per heavy atom. The van der Waals surface area contributed by atoms with Gasteiger partial charge in [-0.15, -0.1) is 0 Å². The molecule has 0 aliphatic heterocycles. The predicted octanol–water partition coefficient (Wildman–Crippen LogP) is 2.76. The van der Waals surface area contributed by atoms with Gasteiger partial charge in [-0.1, -0.05) is 38.9 Å². The number of aliphatic hydroxyl groups excluding tert-OH is 1. The van der Waals surface area contributed by atoms with Crippen molar-refractivity contribution in [2.45, 2.75) is 38.9 Å². The van der Waals surface area contributed by atoms with Gasteiger partial charge < -0.3 is 5.11 Å². The molecule has 0 spiro atoms. The van der Waals surface area contributed by atoms with E-state index in [1.54, 1.807) is 0 Å². The van der Waals surface area contributed by atoms with Crippen molar-refractivity contribution >= 4 is 19.8 Å². The Kier molecular flexibility index (Phi) is 7.29. The zero-order valence-electron chi connectivity index (χ0n) is 8.60. The van der Waals surface area contributed by atoms with Crippen molar-refractivity contribution in [3.8, 4) is 0 Å². The number of thioether (sulfide) groups is 1. The van der Waals surface area contributed by atoms with E-state index in [9.17, 15) is 0 Å². The van der Waals surface area contributed by atoms with Crippen LogP contribution in [0.2, 0.25) is 19.1 Å². The van der Waals surface area contributed by atoms with E-state index in [1.165, 1.54) is 24.3 Å². The summed E-state index contributed by atoms with van der Waals surface area (Å²) >= 11 is 1.92. The Hall–Kier alpha value is 0.527. The van der Waals surface area contributed by atoms with Crippen LogP contribution in [0, 0.1) is 0 Å². The van der Waals surface area contributed by atoms with Crippen molar-refractivity contribution in [1.29, 1.82) is 0 Å². The van der Waals surface area contributed by atoms with Crippen LogP contribution >= 0.6 is 11.8 Å². The van der Waals surface area contributed by atoms with Crippen LogP contribution in [-0.2, 0) is 0 Å². The monoisotopic (exact) mass is 206 g/mol. The average molecular weight is 206 g/mol. The molecular formula is C9H22OSSi. The lowest BCUT2D eigenvalue weighted by atomic mass is 10.4. The van der Waals surface area contributed by atoms with Gasteiger partial charge in [0.25, 0.3) is 0 Å². The number of rotatable bonds is 7. The van der Waals surface area contributed by atoms with Crippen molar-refractivity contribution in [2.75, 3.05) is 17.7 Å². The van der Waals surface area contributed by atoms with Crippen LogP contribution in [-0.4, -0.2) is 30.9 Å². The van der Waals surface area contributed by atoms with E-state index < -0.39 is 8.07 Å². The summed E-state index contributed by atoms with van der Waals surface area (Å²) in [7, 11) is -0.910. The van der Waals surface area contributed by atoms with Gasteiger partial charge in [-0.3, -0.25) is 0 Å². The standard InChI is InChI=1S/C9H22OSSi/c1-4-5-8-12(2,3)9-11-7-6-10/h10H,4-9H2,1-3H3. The molecule has 0 aromatic heterocycles. The Balaban J connectivity index is 3.42. The van der Waals surface area contributed by atoms with E-state index in [-0.39, 0.29) is 0 Å². The van der Waals surface area contributed by atoms with E-state index in [0.717, 1.165) is 5.75 Å². The van der Waals surface area contributed by atoms with Gasteiger partial charge in [0.15, 0.2) is 0 Å². The summed E-state index contributed by atoms with van der Waals surface area (Å²) in [5.74, 6) is 0.919. The summed E-state index contributed by atoms with van der Waals surface area (Å²) in [6, 6.07) is 1.45. The quantitative estimate of drug-likeness (QED) is 0.510. The van der Waals surface area contributed by atoms with Crippen LogP contribution in [0.3, 0.4) is 0 Å². The number of hydrogen-bond acceptors (Lipinski definition) is 2. The highest BCUT2D eigenvalue weighted by Gasteiger charge is 2.18. The van der Waals surface area contributed by atoms with Gasteiger partial charge in [0.2, 0.25) is 0 Å². The third-order valence-corrected chi connectivity index (χ3v) is 8.06. The van der Waals surface area contributed by atoms with Crippen molar-refractivity contribution < 1.29 is 5.11 Å². The maximum atomic E-state index is 8.63. The first-order valence-electron chi connectivity index (χ1n) is 4.81. The molecule has 1 N–H and O–H groups in total. The second-order valence-electron chi connectivity index (χ2n) is 4.04. The van der Waals surface area contributed by atoms with Crippen LogP contribution in [0.4, 0.5) is 0 Å². The zero-order valence-corrected chi connectivity index (χ0v) is 10.4. The predicted molar refractivity (Wildman–Crippen MR) is 61.6 cm³/mol. The highest BCUT2D eigenvalue weighted by atomic mass is 32.2. The SMILES string of the molecule is CCCC[Si](C)(C)CSCCO. The van der Waals surface area contributed by atoms with Crippen molar-refractivity contribution in [1.82, 2.24) is 0 Å². The fourth-order valence-corrected chi connectivity index (χ4v) is 5.95. The summed E-state index contributed by atoms with van der Waals surface area (Å²) in [6.07, 6.45) is 2.71. The Morgan fingerprint density at radius 3 is 2.50 bits per heavy atom. The summed E-state index contributed by atoms with van der Waals surface area (Å²) < 4.78 is 0. The second-order valence-corrected chi connectivity index (χ2v) is 10.8. The van der Waals surface area contributed by atoms with Crippen LogP contribution in [0.25, 0.3) is 0 Å². The molecule has 0 aliphatic carbocycles. The lowest BCUT2D eigenvalue weighted by Gasteiger charge is -2.21. The summed E-state index contributed by atoms with van der Waals surface area (Å²) in [5.41, 5.74) is 0. The molecule has 0 atom stereocenters. The fraction of sp³-hybridized carbons (Fsp3) is 1.00. The molecular weight excluding hydrogens is 184 g/mol. The first-order chi connectivity index (χ1) is 5.62. The van der Waals surface area contributed by atoms with Gasteiger partial charge in [-0.2, -0.15) is 11.8 Å². The third kappa shape index (κ3) is 7.19. The second kappa shape index (κ2) is 6.98. The van der Waals surface area contributed by atoms with E-state index in [0.29, 0.717) is 6.61 Å². The van der Waals surface area contributed by atoms with Crippen LogP contribution in [0.1, 0.15) is 19.8 Å². The molecule has 0 aliphatic rings. The molecule has 0 amide bonds. The molecule has 0 unspecified atom stereocenters. The van der Waals surface area contributed by atoms with Gasteiger partial charge in [-0.25, -0.2) is 0 Å². The molecule has 0 aromatic carbocycles. The van der Waals surface area contributed by atoms with E-state index >= 15 is 0 Å². The molecule has 0 saturated carbocycles. The number of hydrogen-bond donors (Lipinski definition) is 1. The van der Waals surface area contributed by atoms with Crippen molar-refractivity contribution in [3.63, 3.8) is 0 Å². The first-order valence-corrected chi connectivity index (χ1v) is 9.38. The molecule has 0 fully saturated rings. The summed E-state index contributed by atoms with van der Waals surface area (Å²) in [5, 5.41) is 9.95. The lowest BCUT2D eigenvalue weighted by Crippen LogP contribution is -2.29. The fourth-order valence-electron chi connectivity index (χ4n) is 1.14. The van der Waals surface area contributed by atoms with E-state index in [1.807, 2.05) is 11.8 Å². The van der Waals surface area contributed by atoms with Crippen LogP contribution in [0.5, 0.6) is 0 Å². The lowest BCUT2D eigenvalue weighted by molar-refractivity contribution is 0.322. The first kappa shape index (κ1) is 12.5. The van der Waals surface area contributed by atoms with Gasteiger partial charge in [0.05, 0.1) is 14.7 Å². The molecule has 3 heteroatoms. The minimum atomic E-state index is -0.910. The zero-order chi connectivity index (χ0) is 9.45. The van der Waals surface area contributed by atoms with Gasteiger partial charge >= 0.3 is 0 Å². The number of unbranched alkanes of at least 4 members (excludes halogenated alkanes) is 1. The Morgan fingerprint density at radius 2 is 2.00 bits per heavy atom. The molecule has 12 heavy (non-hydrogen) atoms. The van der Waals surface area contributed by atoms with Crippen LogP contribution < -0.4 is 0 Å². The largest absolute Gasteiger partial charge is 0.396 e. The molecule has 0 bridgehead atoms. The Bertz CT molecular complexity index is 107. The third-order valence-electron chi connectivity index (χ3n) is 1.94. The van der Waals surface area contributed by atoms with Gasteiger partial charge in [0, 0.05) is 5.75 Å². The highest BCUT2D eigenvalue weighted by Crippen LogP contribution is 2.18. The maximum Gasteiger partial charge on any atom is 0.0578 e. The Labute approximate surface area is 82.0 Å². The average Bonchev–Trinajstić information content (AvgIpc) is 2.01. The van der Waals surface area contributed by atoms with Crippen molar-refractivity contribution in [2.24, 2.45) is 0 Å². The molecule has 0 heterocycles. The van der Waals surface area contributed by atoms with Gasteiger partial charge in [0.1, 0.15) is 0 Å². The van der Waals surface area contributed by atoms with E-state index in [2.05, 4.69) is 20.0 Å². The summed E-state index contributed by atoms with van der Waals surface area (Å²) in [6.45, 7) is 7.49.